The van der Waals surface area contributed by atoms with Crippen LogP contribution in [0.1, 0.15) is 20.3 Å². The fourth-order valence-electron chi connectivity index (χ4n) is 1.02. The Hall–Kier alpha value is 0.310. The van der Waals surface area contributed by atoms with Crippen LogP contribution in [-0.2, 0) is 19.5 Å². The summed E-state index contributed by atoms with van der Waals surface area (Å²) in [6.07, 6.45) is 0.736. The van der Waals surface area contributed by atoms with Gasteiger partial charge in [0.1, 0.15) is 0 Å². The minimum absolute atomic E-state index is 0.00738. The van der Waals surface area contributed by atoms with Crippen LogP contribution in [0.2, 0.25) is 0 Å². The molecule has 0 amide bonds. The van der Waals surface area contributed by atoms with Crippen molar-refractivity contribution in [2.45, 2.75) is 26.4 Å². The second-order valence-electron chi connectivity index (χ2n) is 3.79. The molecule has 0 saturated carbocycles. The first-order chi connectivity index (χ1) is 7.98. The van der Waals surface area contributed by atoms with E-state index < -0.39 is 10.0 Å². The molecule has 5 nitrogen and oxygen atoms in total. The Bertz CT molecular complexity index is 269. The SMILES string of the molecule is CC(C)OCCS(=O)(=O)NCCCOCCBr. The fourth-order valence-corrected chi connectivity index (χ4v) is 2.17. The van der Waals surface area contributed by atoms with E-state index in [1.54, 1.807) is 0 Å². The Kier molecular flexibility index (Phi) is 10.4. The van der Waals surface area contributed by atoms with Gasteiger partial charge < -0.3 is 9.47 Å². The largest absolute Gasteiger partial charge is 0.381 e. The second kappa shape index (κ2) is 10.3. The van der Waals surface area contributed by atoms with E-state index in [1.165, 1.54) is 0 Å². The van der Waals surface area contributed by atoms with Crippen LogP contribution in [0, 0.1) is 0 Å². The summed E-state index contributed by atoms with van der Waals surface area (Å²) in [4.78, 5) is 0. The second-order valence-corrected chi connectivity index (χ2v) is 6.51. The molecule has 0 spiro atoms. The molecule has 0 fully saturated rings. The summed E-state index contributed by atoms with van der Waals surface area (Å²) >= 11 is 3.24. The predicted molar refractivity (Wildman–Crippen MR) is 72.1 cm³/mol. The summed E-state index contributed by atoms with van der Waals surface area (Å²) in [5.41, 5.74) is 0. The molecule has 0 rings (SSSR count). The molecule has 0 unspecified atom stereocenters. The highest BCUT2D eigenvalue weighted by Crippen LogP contribution is 1.92. The number of alkyl halides is 1. The molecule has 104 valence electrons. The summed E-state index contributed by atoms with van der Waals surface area (Å²) in [6.45, 7) is 5.60. The fraction of sp³-hybridized carbons (Fsp3) is 1.00. The maximum Gasteiger partial charge on any atom is 0.213 e. The number of hydrogen-bond donors (Lipinski definition) is 1. The predicted octanol–water partition coefficient (Wildman–Crippen LogP) is 1.13. The molecular formula is C10H22BrNO4S. The van der Waals surface area contributed by atoms with Gasteiger partial charge in [-0.1, -0.05) is 15.9 Å². The summed E-state index contributed by atoms with van der Waals surface area (Å²) in [7, 11) is -3.21. The molecule has 0 aromatic heterocycles. The van der Waals surface area contributed by atoms with Crippen molar-refractivity contribution in [3.63, 3.8) is 0 Å². The van der Waals surface area contributed by atoms with Crippen LogP contribution in [-0.4, -0.2) is 52.0 Å². The molecule has 0 bridgehead atoms. The van der Waals surface area contributed by atoms with Gasteiger partial charge in [-0.25, -0.2) is 13.1 Å². The molecule has 0 saturated heterocycles. The molecule has 17 heavy (non-hydrogen) atoms. The average molecular weight is 332 g/mol. The van der Waals surface area contributed by atoms with Crippen molar-refractivity contribution in [2.75, 3.05) is 37.4 Å². The molecule has 0 heterocycles. The van der Waals surface area contributed by atoms with Gasteiger partial charge in [-0.3, -0.25) is 0 Å². The van der Waals surface area contributed by atoms with Crippen molar-refractivity contribution < 1.29 is 17.9 Å². The Labute approximate surface area is 112 Å². The van der Waals surface area contributed by atoms with Gasteiger partial charge in [-0.15, -0.1) is 0 Å². The van der Waals surface area contributed by atoms with Crippen molar-refractivity contribution in [2.24, 2.45) is 0 Å². The molecule has 0 aliphatic heterocycles. The summed E-state index contributed by atoms with van der Waals surface area (Å²) < 4.78 is 35.8. The summed E-state index contributed by atoms with van der Waals surface area (Å²) in [5, 5.41) is 0.797. The van der Waals surface area contributed by atoms with Crippen molar-refractivity contribution >= 4 is 26.0 Å². The first-order valence-electron chi connectivity index (χ1n) is 5.70. The van der Waals surface area contributed by atoms with Crippen LogP contribution in [0.5, 0.6) is 0 Å². The molecule has 0 aliphatic rings. The Morgan fingerprint density at radius 3 is 2.53 bits per heavy atom. The Morgan fingerprint density at radius 1 is 1.24 bits per heavy atom. The quantitative estimate of drug-likeness (QED) is 0.455. The lowest BCUT2D eigenvalue weighted by atomic mass is 10.5. The lowest BCUT2D eigenvalue weighted by Gasteiger charge is -2.09. The standard InChI is InChI=1S/C10H22BrNO4S/c1-10(2)16-8-9-17(13,14)12-5-3-6-15-7-4-11/h10,12H,3-9H2,1-2H3. The molecule has 7 heteroatoms. The minimum atomic E-state index is -3.21. The topological polar surface area (TPSA) is 64.6 Å². The molecule has 0 aromatic carbocycles. The normalized spacial score (nSPS) is 12.2. The minimum Gasteiger partial charge on any atom is -0.381 e. The van der Waals surface area contributed by atoms with E-state index in [2.05, 4.69) is 20.7 Å². The highest BCUT2D eigenvalue weighted by Gasteiger charge is 2.09. The third-order valence-corrected chi connectivity index (χ3v) is 3.48. The van der Waals surface area contributed by atoms with Gasteiger partial charge in [0.2, 0.25) is 10.0 Å². The number of nitrogens with one attached hydrogen (secondary N) is 1. The molecule has 0 aromatic rings. The van der Waals surface area contributed by atoms with Crippen LogP contribution in [0.25, 0.3) is 0 Å². The molecule has 0 aliphatic carbocycles. The zero-order chi connectivity index (χ0) is 13.1. The van der Waals surface area contributed by atoms with E-state index in [4.69, 9.17) is 9.47 Å². The number of ether oxygens (including phenoxy) is 2. The monoisotopic (exact) mass is 331 g/mol. The lowest BCUT2D eigenvalue weighted by molar-refractivity contribution is 0.0911. The van der Waals surface area contributed by atoms with Crippen molar-refractivity contribution in [1.29, 1.82) is 0 Å². The molecule has 0 radical (unpaired) electrons. The van der Waals surface area contributed by atoms with Crippen LogP contribution in [0.3, 0.4) is 0 Å². The Morgan fingerprint density at radius 2 is 1.94 bits per heavy atom. The number of hydrogen-bond acceptors (Lipinski definition) is 4. The van der Waals surface area contributed by atoms with Gasteiger partial charge in [0.05, 0.1) is 25.1 Å². The van der Waals surface area contributed by atoms with Gasteiger partial charge >= 0.3 is 0 Å². The molecule has 0 atom stereocenters. The van der Waals surface area contributed by atoms with Gasteiger partial charge in [0.15, 0.2) is 0 Å². The van der Waals surface area contributed by atoms with E-state index >= 15 is 0 Å². The van der Waals surface area contributed by atoms with Crippen molar-refractivity contribution in [3.8, 4) is 0 Å². The first kappa shape index (κ1) is 17.3. The average Bonchev–Trinajstić information content (AvgIpc) is 2.22. The molecule has 1 N–H and O–H groups in total. The van der Waals surface area contributed by atoms with Crippen molar-refractivity contribution in [1.82, 2.24) is 4.72 Å². The summed E-state index contributed by atoms with van der Waals surface area (Å²) in [6, 6.07) is 0. The van der Waals surface area contributed by atoms with E-state index in [9.17, 15) is 8.42 Å². The van der Waals surface area contributed by atoms with Gasteiger partial charge in [-0.05, 0) is 20.3 Å². The molecular weight excluding hydrogens is 310 g/mol. The van der Waals surface area contributed by atoms with Crippen LogP contribution >= 0.6 is 15.9 Å². The Balaban J connectivity index is 3.51. The zero-order valence-electron chi connectivity index (χ0n) is 10.4. The van der Waals surface area contributed by atoms with Crippen LogP contribution in [0.4, 0.5) is 0 Å². The van der Waals surface area contributed by atoms with E-state index in [0.717, 1.165) is 5.33 Å². The summed E-state index contributed by atoms with van der Waals surface area (Å²) in [5.74, 6) is 0.00738. The third kappa shape index (κ3) is 12.6. The highest BCUT2D eigenvalue weighted by atomic mass is 79.9. The first-order valence-corrected chi connectivity index (χ1v) is 8.48. The van der Waals surface area contributed by atoms with Crippen LogP contribution < -0.4 is 4.72 Å². The van der Waals surface area contributed by atoms with Crippen LogP contribution in [0.15, 0.2) is 0 Å². The maximum absolute atomic E-state index is 11.5. The number of sulfonamides is 1. The zero-order valence-corrected chi connectivity index (χ0v) is 12.8. The lowest BCUT2D eigenvalue weighted by Crippen LogP contribution is -2.30. The van der Waals surface area contributed by atoms with E-state index in [-0.39, 0.29) is 18.5 Å². The van der Waals surface area contributed by atoms with Crippen molar-refractivity contribution in [3.05, 3.63) is 0 Å². The third-order valence-electron chi connectivity index (χ3n) is 1.81. The number of halogens is 1. The maximum atomic E-state index is 11.5. The van der Waals surface area contributed by atoms with Gasteiger partial charge in [0, 0.05) is 18.5 Å². The van der Waals surface area contributed by atoms with Gasteiger partial charge in [-0.2, -0.15) is 0 Å². The van der Waals surface area contributed by atoms with E-state index in [1.807, 2.05) is 13.8 Å². The van der Waals surface area contributed by atoms with Gasteiger partial charge in [0.25, 0.3) is 0 Å². The number of rotatable bonds is 11. The smallest absolute Gasteiger partial charge is 0.213 e. The van der Waals surface area contributed by atoms with E-state index in [0.29, 0.717) is 26.2 Å². The highest BCUT2D eigenvalue weighted by molar-refractivity contribution is 9.09.